The minimum absolute atomic E-state index is 0.0769. The average Bonchev–Trinajstić information content (AvgIpc) is 2.76. The number of aryl methyl sites for hydroxylation is 1. The Morgan fingerprint density at radius 1 is 1.12 bits per heavy atom. The molecule has 32 heavy (non-hydrogen) atoms. The second-order valence-corrected chi connectivity index (χ2v) is 9.74. The Balaban J connectivity index is 1.14. The first-order chi connectivity index (χ1) is 15.5. The van der Waals surface area contributed by atoms with Crippen molar-refractivity contribution in [2.45, 2.75) is 31.8 Å². The van der Waals surface area contributed by atoms with Gasteiger partial charge in [-0.25, -0.2) is 9.78 Å². The molecule has 5 rings (SSSR count). The lowest BCUT2D eigenvalue weighted by atomic mass is 9.87. The van der Waals surface area contributed by atoms with Crippen LogP contribution in [0.5, 0.6) is 11.6 Å². The van der Waals surface area contributed by atoms with Crippen LogP contribution in [0.15, 0.2) is 40.9 Å². The molecule has 3 fully saturated rings. The van der Waals surface area contributed by atoms with Gasteiger partial charge in [0.15, 0.2) is 5.78 Å². The third-order valence-electron chi connectivity index (χ3n) is 6.55. The first-order valence-corrected chi connectivity index (χ1v) is 11.8. The van der Waals surface area contributed by atoms with Crippen molar-refractivity contribution < 1.29 is 19.1 Å². The van der Waals surface area contributed by atoms with Gasteiger partial charge in [0.05, 0.1) is 10.6 Å². The third kappa shape index (κ3) is 4.38. The van der Waals surface area contributed by atoms with Gasteiger partial charge in [-0.05, 0) is 59.1 Å². The lowest BCUT2D eigenvalue weighted by Crippen LogP contribution is -2.58. The van der Waals surface area contributed by atoms with Crippen LogP contribution in [0.3, 0.4) is 0 Å². The summed E-state index contributed by atoms with van der Waals surface area (Å²) < 4.78 is 12.4. The number of urea groups is 1. The molecule has 168 valence electrons. The van der Waals surface area contributed by atoms with Gasteiger partial charge >= 0.3 is 6.03 Å². The number of likely N-dealkylation sites (tertiary alicyclic amines) is 2. The van der Waals surface area contributed by atoms with Gasteiger partial charge in [-0.15, -0.1) is 0 Å². The first kappa shape index (κ1) is 21.4. The predicted molar refractivity (Wildman–Crippen MR) is 122 cm³/mol. The van der Waals surface area contributed by atoms with Crippen molar-refractivity contribution in [2.24, 2.45) is 5.92 Å². The second-order valence-electron chi connectivity index (χ2n) is 8.88. The Morgan fingerprint density at radius 2 is 1.91 bits per heavy atom. The van der Waals surface area contributed by atoms with Crippen LogP contribution >= 0.6 is 15.9 Å². The zero-order valence-corrected chi connectivity index (χ0v) is 19.6. The van der Waals surface area contributed by atoms with E-state index in [1.54, 1.807) is 0 Å². The molecule has 0 aliphatic carbocycles. The van der Waals surface area contributed by atoms with E-state index in [4.69, 9.17) is 9.47 Å². The number of pyridine rings is 1. The van der Waals surface area contributed by atoms with E-state index in [9.17, 15) is 9.59 Å². The fourth-order valence-electron chi connectivity index (χ4n) is 4.70. The Morgan fingerprint density at radius 3 is 2.69 bits per heavy atom. The van der Waals surface area contributed by atoms with Gasteiger partial charge in [0.2, 0.25) is 5.88 Å². The number of fused-ring (bicyclic) bond motifs is 1. The molecule has 0 radical (unpaired) electrons. The zero-order valence-electron chi connectivity index (χ0n) is 18.0. The molecule has 0 saturated carbocycles. The van der Waals surface area contributed by atoms with Crippen molar-refractivity contribution in [1.29, 1.82) is 0 Å². The molecule has 0 bridgehead atoms. The lowest BCUT2D eigenvalue weighted by Gasteiger charge is -2.46. The van der Waals surface area contributed by atoms with Crippen molar-refractivity contribution in [3.63, 3.8) is 0 Å². The number of carbonyl (C=O) groups is 2. The highest BCUT2D eigenvalue weighted by molar-refractivity contribution is 9.10. The van der Waals surface area contributed by atoms with Crippen molar-refractivity contribution in [3.8, 4) is 11.6 Å². The minimum Gasteiger partial charge on any atom is -0.438 e. The van der Waals surface area contributed by atoms with Gasteiger partial charge in [-0.3, -0.25) is 4.79 Å². The number of hydrogen-bond donors (Lipinski definition) is 0. The molecule has 2 aromatic rings. The highest BCUT2D eigenvalue weighted by atomic mass is 79.9. The van der Waals surface area contributed by atoms with Crippen LogP contribution < -0.4 is 4.74 Å². The Kier molecular flexibility index (Phi) is 5.90. The number of hydrogen-bond acceptors (Lipinski definition) is 5. The molecular weight excluding hydrogens is 474 g/mol. The molecule has 7 nitrogen and oxygen atoms in total. The lowest BCUT2D eigenvalue weighted by molar-refractivity contribution is -0.140. The molecule has 3 aliphatic rings. The highest BCUT2D eigenvalue weighted by Gasteiger charge is 2.40. The highest BCUT2D eigenvalue weighted by Crippen LogP contribution is 2.33. The molecule has 0 unspecified atom stereocenters. The molecule has 3 aliphatic heterocycles. The van der Waals surface area contributed by atoms with E-state index in [1.165, 1.54) is 5.56 Å². The maximum absolute atomic E-state index is 12.9. The van der Waals surface area contributed by atoms with Crippen LogP contribution in [0.25, 0.3) is 0 Å². The molecule has 8 heteroatoms. The summed E-state index contributed by atoms with van der Waals surface area (Å²) >= 11 is 3.47. The van der Waals surface area contributed by atoms with Crippen molar-refractivity contribution in [1.82, 2.24) is 14.8 Å². The summed E-state index contributed by atoms with van der Waals surface area (Å²) in [5.41, 5.74) is 2.09. The molecular formula is C24H26BrN3O4. The van der Waals surface area contributed by atoms with E-state index < -0.39 is 0 Å². The molecule has 2 amide bonds. The Hall–Kier alpha value is -2.45. The number of halogens is 1. The molecule has 1 aromatic heterocycles. The number of piperidine rings is 1. The number of ketones is 1. The van der Waals surface area contributed by atoms with Crippen LogP contribution in [0.1, 0.15) is 30.0 Å². The van der Waals surface area contributed by atoms with Crippen molar-refractivity contribution in [3.05, 3.63) is 52.1 Å². The number of Topliss-reactive ketones (excluding diaryl/α,β-unsaturated/α-hetero) is 1. The predicted octanol–water partition coefficient (Wildman–Crippen LogP) is 4.14. The maximum Gasteiger partial charge on any atom is 0.320 e. The van der Waals surface area contributed by atoms with Crippen LogP contribution in [0, 0.1) is 12.8 Å². The molecule has 4 heterocycles. The SMILES string of the molecule is Cc1ccc(Br)c(Oc2ccc(C3CN(C(=O)N4CC[C@@H]5OCC(=O)C[C@@H]5C4)C3)cc2)n1. The minimum atomic E-state index is 0.0769. The van der Waals surface area contributed by atoms with Crippen LogP contribution in [0.2, 0.25) is 0 Å². The quantitative estimate of drug-likeness (QED) is 0.634. The summed E-state index contributed by atoms with van der Waals surface area (Å²) in [5.74, 6) is 1.89. The summed E-state index contributed by atoms with van der Waals surface area (Å²) in [6, 6.07) is 11.9. The number of amides is 2. The molecule has 1 aromatic carbocycles. The van der Waals surface area contributed by atoms with Gasteiger partial charge in [0.1, 0.15) is 12.4 Å². The standard InChI is InChI=1S/C24H26BrN3O4/c1-15-2-7-21(25)23(26-15)32-20-5-3-16(4-6-20)18-12-28(13-18)24(30)27-9-8-22-17(11-27)10-19(29)14-31-22/h2-7,17-18,22H,8-14H2,1H3/t17-,22+/m1/s1. The Bertz CT molecular complexity index is 1020. The topological polar surface area (TPSA) is 72.0 Å². The smallest absolute Gasteiger partial charge is 0.320 e. The number of benzene rings is 1. The van der Waals surface area contributed by atoms with E-state index in [0.29, 0.717) is 44.4 Å². The van der Waals surface area contributed by atoms with E-state index in [1.807, 2.05) is 41.0 Å². The monoisotopic (exact) mass is 499 g/mol. The van der Waals surface area contributed by atoms with Gasteiger partial charge in [-0.2, -0.15) is 0 Å². The number of aromatic nitrogens is 1. The van der Waals surface area contributed by atoms with E-state index in [2.05, 4.69) is 33.0 Å². The summed E-state index contributed by atoms with van der Waals surface area (Å²) in [5, 5.41) is 0. The van der Waals surface area contributed by atoms with Crippen molar-refractivity contribution >= 4 is 27.7 Å². The van der Waals surface area contributed by atoms with Gasteiger partial charge in [-0.1, -0.05) is 12.1 Å². The molecule has 0 N–H and O–H groups in total. The van der Waals surface area contributed by atoms with Gasteiger partial charge in [0, 0.05) is 50.1 Å². The summed E-state index contributed by atoms with van der Waals surface area (Å²) in [6.07, 6.45) is 1.46. The summed E-state index contributed by atoms with van der Waals surface area (Å²) in [6.45, 7) is 4.89. The van der Waals surface area contributed by atoms with Gasteiger partial charge in [0.25, 0.3) is 0 Å². The van der Waals surface area contributed by atoms with E-state index in [-0.39, 0.29) is 30.4 Å². The molecule has 2 atom stereocenters. The fraction of sp³-hybridized carbons (Fsp3) is 0.458. The molecule has 0 spiro atoms. The fourth-order valence-corrected chi connectivity index (χ4v) is 5.01. The maximum atomic E-state index is 12.9. The number of ether oxygens (including phenoxy) is 2. The number of nitrogens with zero attached hydrogens (tertiary/aromatic N) is 3. The second kappa shape index (κ2) is 8.83. The normalized spacial score (nSPS) is 23.5. The zero-order chi connectivity index (χ0) is 22.2. The largest absolute Gasteiger partial charge is 0.438 e. The first-order valence-electron chi connectivity index (χ1n) is 11.0. The van der Waals surface area contributed by atoms with E-state index >= 15 is 0 Å². The Labute approximate surface area is 195 Å². The van der Waals surface area contributed by atoms with E-state index in [0.717, 1.165) is 22.3 Å². The van der Waals surface area contributed by atoms with Gasteiger partial charge < -0.3 is 19.3 Å². The van der Waals surface area contributed by atoms with Crippen molar-refractivity contribution in [2.75, 3.05) is 32.8 Å². The molecule has 3 saturated heterocycles. The summed E-state index contributed by atoms with van der Waals surface area (Å²) in [4.78, 5) is 32.8. The number of rotatable bonds is 3. The number of carbonyl (C=O) groups excluding carboxylic acids is 2. The summed E-state index contributed by atoms with van der Waals surface area (Å²) in [7, 11) is 0. The van der Waals surface area contributed by atoms with Crippen LogP contribution in [0.4, 0.5) is 4.79 Å². The third-order valence-corrected chi connectivity index (χ3v) is 7.16. The average molecular weight is 500 g/mol. The van der Waals surface area contributed by atoms with Crippen LogP contribution in [-0.2, 0) is 9.53 Å². The van der Waals surface area contributed by atoms with Crippen LogP contribution in [-0.4, -0.2) is 65.5 Å².